The lowest BCUT2D eigenvalue weighted by Gasteiger charge is -2.01. The largest absolute Gasteiger partial charge is 0.427 e. The number of carbonyl (C=O) groups excluding carboxylic acids is 1. The van der Waals surface area contributed by atoms with Crippen molar-refractivity contribution in [3.05, 3.63) is 41.7 Å². The van der Waals surface area contributed by atoms with Crippen molar-refractivity contribution in [2.45, 2.75) is 13.8 Å². The highest BCUT2D eigenvalue weighted by molar-refractivity contribution is 5.80. The van der Waals surface area contributed by atoms with Crippen molar-refractivity contribution in [3.63, 3.8) is 0 Å². The Labute approximate surface area is 110 Å². The Morgan fingerprint density at radius 3 is 2.95 bits per heavy atom. The molecule has 19 heavy (non-hydrogen) atoms. The second-order valence-corrected chi connectivity index (χ2v) is 4.00. The molecule has 0 unspecified atom stereocenters. The first-order valence-corrected chi connectivity index (χ1v) is 5.69. The fourth-order valence-corrected chi connectivity index (χ4v) is 1.55. The Bertz CT molecular complexity index is 631. The SMILES string of the molecule is CC(=O)Oc1cccc(C=Nn2cc(C)nc2N)c1. The molecular formula is C13H14N4O2. The summed E-state index contributed by atoms with van der Waals surface area (Å²) in [6.07, 6.45) is 3.34. The van der Waals surface area contributed by atoms with Gasteiger partial charge in [-0.3, -0.25) is 4.79 Å². The molecule has 0 aliphatic carbocycles. The van der Waals surface area contributed by atoms with Gasteiger partial charge in [-0.2, -0.15) is 5.10 Å². The predicted molar refractivity (Wildman–Crippen MR) is 72.1 cm³/mol. The highest BCUT2D eigenvalue weighted by Gasteiger charge is 2.00. The molecule has 2 N–H and O–H groups in total. The minimum absolute atomic E-state index is 0.324. The predicted octanol–water partition coefficient (Wildman–Crippen LogP) is 1.58. The van der Waals surface area contributed by atoms with Crippen LogP contribution >= 0.6 is 0 Å². The molecular weight excluding hydrogens is 244 g/mol. The standard InChI is InChI=1S/C13H14N4O2/c1-9-8-17(13(14)16-9)15-7-11-4-3-5-12(6-11)19-10(2)18/h3-8H,1-2H3,(H2,14,16). The molecule has 0 amide bonds. The van der Waals surface area contributed by atoms with Gasteiger partial charge >= 0.3 is 5.97 Å². The van der Waals surface area contributed by atoms with E-state index in [4.69, 9.17) is 10.5 Å². The molecule has 0 spiro atoms. The number of anilines is 1. The molecule has 1 aromatic heterocycles. The van der Waals surface area contributed by atoms with Gasteiger partial charge < -0.3 is 10.5 Å². The van der Waals surface area contributed by atoms with Gasteiger partial charge in [0.15, 0.2) is 0 Å². The summed E-state index contributed by atoms with van der Waals surface area (Å²) in [5.74, 6) is 0.444. The first kappa shape index (κ1) is 12.8. The summed E-state index contributed by atoms with van der Waals surface area (Å²) in [5.41, 5.74) is 7.26. The lowest BCUT2D eigenvalue weighted by molar-refractivity contribution is -0.131. The zero-order chi connectivity index (χ0) is 13.8. The number of aromatic nitrogens is 2. The van der Waals surface area contributed by atoms with E-state index in [2.05, 4.69) is 10.1 Å². The topological polar surface area (TPSA) is 82.5 Å². The lowest BCUT2D eigenvalue weighted by Crippen LogP contribution is -2.01. The first-order valence-electron chi connectivity index (χ1n) is 5.69. The van der Waals surface area contributed by atoms with Crippen LogP contribution in [0.5, 0.6) is 5.75 Å². The van der Waals surface area contributed by atoms with Crippen LogP contribution in [0.2, 0.25) is 0 Å². The van der Waals surface area contributed by atoms with Crippen LogP contribution in [-0.4, -0.2) is 21.8 Å². The Morgan fingerprint density at radius 1 is 1.53 bits per heavy atom. The Balaban J connectivity index is 2.19. The number of imidazole rings is 1. The third-order valence-corrected chi connectivity index (χ3v) is 2.29. The van der Waals surface area contributed by atoms with Crippen molar-refractivity contribution < 1.29 is 9.53 Å². The molecule has 0 aliphatic heterocycles. The zero-order valence-corrected chi connectivity index (χ0v) is 10.7. The highest BCUT2D eigenvalue weighted by Crippen LogP contribution is 2.12. The molecule has 0 aliphatic rings. The van der Waals surface area contributed by atoms with Crippen LogP contribution in [0.15, 0.2) is 35.6 Å². The van der Waals surface area contributed by atoms with Gasteiger partial charge in [-0.25, -0.2) is 9.66 Å². The molecule has 98 valence electrons. The molecule has 1 heterocycles. The van der Waals surface area contributed by atoms with Crippen molar-refractivity contribution in [1.82, 2.24) is 9.66 Å². The smallest absolute Gasteiger partial charge is 0.308 e. The van der Waals surface area contributed by atoms with E-state index in [9.17, 15) is 4.79 Å². The third-order valence-electron chi connectivity index (χ3n) is 2.29. The monoisotopic (exact) mass is 258 g/mol. The second kappa shape index (κ2) is 5.34. The first-order chi connectivity index (χ1) is 9.04. The summed E-state index contributed by atoms with van der Waals surface area (Å²) in [5, 5.41) is 4.18. The molecule has 0 atom stereocenters. The quantitative estimate of drug-likeness (QED) is 0.514. The number of ether oxygens (including phenoxy) is 1. The maximum absolute atomic E-state index is 10.9. The number of esters is 1. The molecule has 0 radical (unpaired) electrons. The van der Waals surface area contributed by atoms with Gasteiger partial charge in [0.1, 0.15) is 5.75 Å². The van der Waals surface area contributed by atoms with Crippen LogP contribution in [0.3, 0.4) is 0 Å². The van der Waals surface area contributed by atoms with E-state index >= 15 is 0 Å². The lowest BCUT2D eigenvalue weighted by atomic mass is 10.2. The number of benzene rings is 1. The summed E-state index contributed by atoms with van der Waals surface area (Å²) < 4.78 is 6.47. The van der Waals surface area contributed by atoms with E-state index in [1.807, 2.05) is 13.0 Å². The van der Waals surface area contributed by atoms with Crippen LogP contribution in [0.1, 0.15) is 18.2 Å². The van der Waals surface area contributed by atoms with Gasteiger partial charge in [-0.1, -0.05) is 12.1 Å². The third kappa shape index (κ3) is 3.41. The fourth-order valence-electron chi connectivity index (χ4n) is 1.55. The molecule has 6 heteroatoms. The van der Waals surface area contributed by atoms with Crippen LogP contribution in [0.25, 0.3) is 0 Å². The number of nitrogen functional groups attached to an aromatic ring is 1. The molecule has 0 saturated carbocycles. The number of rotatable bonds is 3. The van der Waals surface area contributed by atoms with E-state index in [-0.39, 0.29) is 5.97 Å². The van der Waals surface area contributed by atoms with Gasteiger partial charge in [0.05, 0.1) is 18.1 Å². The minimum atomic E-state index is -0.358. The Kier molecular flexibility index (Phi) is 3.61. The molecule has 6 nitrogen and oxygen atoms in total. The summed E-state index contributed by atoms with van der Waals surface area (Å²) in [4.78, 5) is 14.9. The van der Waals surface area contributed by atoms with Gasteiger partial charge in [-0.05, 0) is 24.6 Å². The number of nitrogens with two attached hydrogens (primary N) is 1. The van der Waals surface area contributed by atoms with E-state index < -0.39 is 0 Å². The van der Waals surface area contributed by atoms with Crippen molar-refractivity contribution in [1.29, 1.82) is 0 Å². The molecule has 1 aromatic carbocycles. The number of aryl methyl sites for hydroxylation is 1. The van der Waals surface area contributed by atoms with Crippen molar-refractivity contribution in [2.24, 2.45) is 5.10 Å². The average Bonchev–Trinajstić information content (AvgIpc) is 2.65. The van der Waals surface area contributed by atoms with Crippen LogP contribution in [0, 0.1) is 6.92 Å². The Morgan fingerprint density at radius 2 is 2.32 bits per heavy atom. The summed E-state index contributed by atoms with van der Waals surface area (Å²) in [6, 6.07) is 7.04. The van der Waals surface area contributed by atoms with E-state index in [0.717, 1.165) is 11.3 Å². The van der Waals surface area contributed by atoms with Crippen molar-refractivity contribution >= 4 is 18.1 Å². The molecule has 2 aromatic rings. The molecule has 0 bridgehead atoms. The average molecular weight is 258 g/mol. The van der Waals surface area contributed by atoms with E-state index in [0.29, 0.717) is 11.7 Å². The van der Waals surface area contributed by atoms with Gasteiger partial charge in [-0.15, -0.1) is 0 Å². The fraction of sp³-hybridized carbons (Fsp3) is 0.154. The van der Waals surface area contributed by atoms with Crippen LogP contribution < -0.4 is 10.5 Å². The molecule has 2 rings (SSSR count). The number of nitrogens with zero attached hydrogens (tertiary/aromatic N) is 3. The highest BCUT2D eigenvalue weighted by atomic mass is 16.5. The summed E-state index contributed by atoms with van der Waals surface area (Å²) >= 11 is 0. The van der Waals surface area contributed by atoms with Gasteiger partial charge in [0.25, 0.3) is 0 Å². The normalized spacial score (nSPS) is 10.8. The van der Waals surface area contributed by atoms with E-state index in [1.165, 1.54) is 11.6 Å². The van der Waals surface area contributed by atoms with Crippen molar-refractivity contribution in [3.8, 4) is 5.75 Å². The molecule has 0 fully saturated rings. The van der Waals surface area contributed by atoms with Gasteiger partial charge in [0.2, 0.25) is 5.95 Å². The van der Waals surface area contributed by atoms with Gasteiger partial charge in [0, 0.05) is 6.92 Å². The second-order valence-electron chi connectivity index (χ2n) is 4.00. The summed E-state index contributed by atoms with van der Waals surface area (Å²) in [6.45, 7) is 3.19. The molecule has 0 saturated heterocycles. The zero-order valence-electron chi connectivity index (χ0n) is 10.7. The number of carbonyl (C=O) groups is 1. The van der Waals surface area contributed by atoms with Crippen molar-refractivity contribution in [2.75, 3.05) is 5.73 Å². The maximum atomic E-state index is 10.9. The number of hydrogen-bond acceptors (Lipinski definition) is 5. The van der Waals surface area contributed by atoms with Crippen LogP contribution in [-0.2, 0) is 4.79 Å². The minimum Gasteiger partial charge on any atom is -0.427 e. The summed E-state index contributed by atoms with van der Waals surface area (Å²) in [7, 11) is 0. The van der Waals surface area contributed by atoms with Crippen LogP contribution in [0.4, 0.5) is 5.95 Å². The van der Waals surface area contributed by atoms with E-state index in [1.54, 1.807) is 30.6 Å². The number of hydrogen-bond donors (Lipinski definition) is 1. The maximum Gasteiger partial charge on any atom is 0.308 e. The Hall–Kier alpha value is -2.63.